The summed E-state index contributed by atoms with van der Waals surface area (Å²) in [5.74, 6) is 0. The van der Waals surface area contributed by atoms with Gasteiger partial charge in [0.1, 0.15) is 18.3 Å². The van der Waals surface area contributed by atoms with E-state index in [2.05, 4.69) is 0 Å². The molecule has 0 saturated carbocycles. The molecule has 0 N–H and O–H groups in total. The van der Waals surface area contributed by atoms with E-state index < -0.39 is 42.1 Å². The molecule has 3 atom stereocenters. The fourth-order valence-electron chi connectivity index (χ4n) is 5.23. The highest BCUT2D eigenvalue weighted by Crippen LogP contribution is 2.38. The molecule has 0 bridgehead atoms. The molecule has 3 aromatic rings. The van der Waals surface area contributed by atoms with Gasteiger partial charge in [-0.3, -0.25) is 4.90 Å². The number of nitrogens with zero attached hydrogens (tertiary/aromatic N) is 1. The normalized spacial score (nSPS) is 17.8. The second-order valence-electron chi connectivity index (χ2n) is 11.6. The standard InChI is InChI=1S/C36H43NO6/c1-6-29(7-2)41-31(25-40-35(39)43-36(3,4)5)33-30(24-23-26-17-11-8-12-18-26)37(34(38)42-33)32(27-19-13-9-14-20-27)28-21-15-10-16-22-28/h8-24,29-33H,6-7,25H2,1-5H3/b24-23+/t30-,31+,33-/m0/s1. The zero-order valence-electron chi connectivity index (χ0n) is 25.7. The van der Waals surface area contributed by atoms with Crippen LogP contribution in [0.25, 0.3) is 6.08 Å². The van der Waals surface area contributed by atoms with Crippen molar-refractivity contribution in [1.82, 2.24) is 4.90 Å². The predicted octanol–water partition coefficient (Wildman–Crippen LogP) is 8.20. The molecule has 1 aliphatic heterocycles. The zero-order valence-corrected chi connectivity index (χ0v) is 25.7. The van der Waals surface area contributed by atoms with Crippen molar-refractivity contribution in [3.63, 3.8) is 0 Å². The highest BCUT2D eigenvalue weighted by atomic mass is 16.7. The average Bonchev–Trinajstić information content (AvgIpc) is 3.32. The van der Waals surface area contributed by atoms with Gasteiger partial charge in [0.05, 0.1) is 18.2 Å². The molecule has 1 heterocycles. The fraction of sp³-hybridized carbons (Fsp3) is 0.389. The lowest BCUT2D eigenvalue weighted by Crippen LogP contribution is -2.46. The first-order valence-electron chi connectivity index (χ1n) is 15.0. The molecule has 228 valence electrons. The van der Waals surface area contributed by atoms with Gasteiger partial charge in [0.25, 0.3) is 0 Å². The van der Waals surface area contributed by atoms with Crippen LogP contribution in [0, 0.1) is 0 Å². The summed E-state index contributed by atoms with van der Waals surface area (Å²) in [6.07, 6.45) is 2.61. The number of hydrogen-bond acceptors (Lipinski definition) is 6. The van der Waals surface area contributed by atoms with Crippen LogP contribution in [-0.2, 0) is 18.9 Å². The van der Waals surface area contributed by atoms with Crippen molar-refractivity contribution >= 4 is 18.3 Å². The summed E-state index contributed by atoms with van der Waals surface area (Å²) >= 11 is 0. The summed E-state index contributed by atoms with van der Waals surface area (Å²) in [4.78, 5) is 28.3. The van der Waals surface area contributed by atoms with Crippen LogP contribution in [0.3, 0.4) is 0 Å². The highest BCUT2D eigenvalue weighted by molar-refractivity contribution is 5.73. The lowest BCUT2D eigenvalue weighted by molar-refractivity contribution is -0.106. The Balaban J connectivity index is 1.76. The molecule has 7 heteroatoms. The van der Waals surface area contributed by atoms with Crippen molar-refractivity contribution in [2.75, 3.05) is 6.61 Å². The number of cyclic esters (lactones) is 1. The summed E-state index contributed by atoms with van der Waals surface area (Å²) in [7, 11) is 0. The molecule has 0 spiro atoms. The Labute approximate surface area is 255 Å². The van der Waals surface area contributed by atoms with Crippen molar-refractivity contribution in [2.45, 2.75) is 83.5 Å². The van der Waals surface area contributed by atoms with Gasteiger partial charge in [-0.25, -0.2) is 9.59 Å². The van der Waals surface area contributed by atoms with E-state index in [9.17, 15) is 9.59 Å². The Morgan fingerprint density at radius 3 is 1.93 bits per heavy atom. The van der Waals surface area contributed by atoms with Crippen LogP contribution in [0.2, 0.25) is 0 Å². The minimum Gasteiger partial charge on any atom is -0.441 e. The highest BCUT2D eigenvalue weighted by Gasteiger charge is 2.49. The van der Waals surface area contributed by atoms with Crippen LogP contribution in [0.1, 0.15) is 70.2 Å². The molecule has 3 aromatic carbocycles. The van der Waals surface area contributed by atoms with Gasteiger partial charge in [0, 0.05) is 0 Å². The monoisotopic (exact) mass is 585 g/mol. The molecule has 7 nitrogen and oxygen atoms in total. The summed E-state index contributed by atoms with van der Waals surface area (Å²) in [6, 6.07) is 28.8. The molecule has 0 aromatic heterocycles. The maximum absolute atomic E-state index is 13.9. The lowest BCUT2D eigenvalue weighted by Gasteiger charge is -2.34. The average molecular weight is 586 g/mol. The Morgan fingerprint density at radius 1 is 0.884 bits per heavy atom. The van der Waals surface area contributed by atoms with Crippen molar-refractivity contribution < 1.29 is 28.5 Å². The summed E-state index contributed by atoms with van der Waals surface area (Å²) in [5.41, 5.74) is 2.18. The van der Waals surface area contributed by atoms with E-state index in [4.69, 9.17) is 18.9 Å². The maximum atomic E-state index is 13.9. The van der Waals surface area contributed by atoms with Crippen LogP contribution in [0.5, 0.6) is 0 Å². The van der Waals surface area contributed by atoms with Crippen LogP contribution < -0.4 is 0 Å². The van der Waals surface area contributed by atoms with E-state index >= 15 is 0 Å². The lowest BCUT2D eigenvalue weighted by atomic mass is 9.94. The molecule has 1 amide bonds. The molecule has 0 unspecified atom stereocenters. The maximum Gasteiger partial charge on any atom is 0.508 e. The number of amides is 1. The van der Waals surface area contributed by atoms with Gasteiger partial charge in [-0.05, 0) is 50.3 Å². The Morgan fingerprint density at radius 2 is 1.42 bits per heavy atom. The third-order valence-corrected chi connectivity index (χ3v) is 7.30. The van der Waals surface area contributed by atoms with E-state index in [-0.39, 0.29) is 12.7 Å². The van der Waals surface area contributed by atoms with Gasteiger partial charge in [-0.1, -0.05) is 117 Å². The quantitative estimate of drug-likeness (QED) is 0.200. The van der Waals surface area contributed by atoms with Crippen LogP contribution in [-0.4, -0.2) is 53.7 Å². The topological polar surface area (TPSA) is 74.3 Å². The zero-order chi connectivity index (χ0) is 30.8. The first-order valence-corrected chi connectivity index (χ1v) is 15.0. The number of carbonyl (C=O) groups is 2. The van der Waals surface area contributed by atoms with Crippen LogP contribution in [0.15, 0.2) is 97.1 Å². The molecule has 0 radical (unpaired) electrons. The second kappa shape index (κ2) is 14.9. The van der Waals surface area contributed by atoms with E-state index in [0.29, 0.717) is 0 Å². The summed E-state index contributed by atoms with van der Waals surface area (Å²) < 4.78 is 23.6. The number of benzene rings is 3. The predicted molar refractivity (Wildman–Crippen MR) is 168 cm³/mol. The van der Waals surface area contributed by atoms with Gasteiger partial charge >= 0.3 is 12.2 Å². The molecular formula is C36H43NO6. The molecule has 4 rings (SSSR count). The number of carbonyl (C=O) groups excluding carboxylic acids is 2. The molecule has 43 heavy (non-hydrogen) atoms. The smallest absolute Gasteiger partial charge is 0.441 e. The second-order valence-corrected chi connectivity index (χ2v) is 11.6. The number of hydrogen-bond donors (Lipinski definition) is 0. The third kappa shape index (κ3) is 8.71. The SMILES string of the molecule is CCC(CC)O[C@H](COC(=O)OC(C)(C)C)[C@H]1OC(=O)N(C(c2ccccc2)c2ccccc2)[C@H]1/C=C/c1ccccc1. The first-order chi connectivity index (χ1) is 20.7. The van der Waals surface area contributed by atoms with Gasteiger partial charge in [-0.15, -0.1) is 0 Å². The number of ether oxygens (including phenoxy) is 4. The Bertz CT molecular complexity index is 1280. The van der Waals surface area contributed by atoms with Crippen molar-refractivity contribution in [1.29, 1.82) is 0 Å². The summed E-state index contributed by atoms with van der Waals surface area (Å²) in [6.45, 7) is 9.29. The molecular weight excluding hydrogens is 542 g/mol. The minimum atomic E-state index is -0.797. The van der Waals surface area contributed by atoms with Crippen molar-refractivity contribution in [3.05, 3.63) is 114 Å². The van der Waals surface area contributed by atoms with Crippen LogP contribution in [0.4, 0.5) is 9.59 Å². The Hall–Kier alpha value is -4.10. The van der Waals surface area contributed by atoms with E-state index in [0.717, 1.165) is 29.5 Å². The van der Waals surface area contributed by atoms with E-state index in [1.54, 1.807) is 25.7 Å². The van der Waals surface area contributed by atoms with Gasteiger partial charge in [-0.2, -0.15) is 0 Å². The fourth-order valence-corrected chi connectivity index (χ4v) is 5.23. The van der Waals surface area contributed by atoms with Gasteiger partial charge in [0.15, 0.2) is 6.10 Å². The van der Waals surface area contributed by atoms with Gasteiger partial charge in [0.2, 0.25) is 0 Å². The number of rotatable bonds is 12. The molecule has 1 saturated heterocycles. The largest absolute Gasteiger partial charge is 0.508 e. The van der Waals surface area contributed by atoms with E-state index in [1.807, 2.05) is 117 Å². The minimum absolute atomic E-state index is 0.113. The van der Waals surface area contributed by atoms with Crippen molar-refractivity contribution in [2.24, 2.45) is 0 Å². The Kier molecular flexibility index (Phi) is 11.0. The van der Waals surface area contributed by atoms with Gasteiger partial charge < -0.3 is 18.9 Å². The molecule has 1 fully saturated rings. The van der Waals surface area contributed by atoms with E-state index in [1.165, 1.54) is 0 Å². The molecule has 0 aliphatic carbocycles. The van der Waals surface area contributed by atoms with Crippen molar-refractivity contribution in [3.8, 4) is 0 Å². The first kappa shape index (κ1) is 31.8. The van der Waals surface area contributed by atoms with Crippen LogP contribution >= 0.6 is 0 Å². The third-order valence-electron chi connectivity index (χ3n) is 7.30. The molecule has 1 aliphatic rings. The summed E-state index contributed by atoms with van der Waals surface area (Å²) in [5, 5.41) is 0.